The number of carbonyl (C=O) groups excluding carboxylic acids is 7. The van der Waals surface area contributed by atoms with Crippen molar-refractivity contribution in [2.24, 2.45) is 51.2 Å². The number of hydrogen-bond acceptors (Lipinski definition) is 13. The minimum atomic E-state index is -1.25. The van der Waals surface area contributed by atoms with Crippen molar-refractivity contribution in [2.45, 2.75) is 172 Å². The summed E-state index contributed by atoms with van der Waals surface area (Å²) >= 11 is 0. The van der Waals surface area contributed by atoms with Crippen LogP contribution in [-0.4, -0.2) is 156 Å². The molecule has 2 aliphatic heterocycles. The Morgan fingerprint density at radius 1 is 0.597 bits per heavy atom. The van der Waals surface area contributed by atoms with Crippen LogP contribution in [-0.2, 0) is 38.4 Å². The molecule has 67 heavy (non-hydrogen) atoms. The highest BCUT2D eigenvalue weighted by atomic mass is 16.4. The first-order chi connectivity index (χ1) is 31.8. The molecule has 2 heterocycles. The lowest BCUT2D eigenvalue weighted by Gasteiger charge is -2.31. The van der Waals surface area contributed by atoms with Gasteiger partial charge in [-0.3, -0.25) is 38.6 Å². The van der Waals surface area contributed by atoms with E-state index >= 15 is 0 Å². The van der Waals surface area contributed by atoms with E-state index in [0.29, 0.717) is 90.4 Å². The van der Waals surface area contributed by atoms with Gasteiger partial charge in [-0.05, 0) is 128 Å². The molecule has 2 fully saturated rings. The number of nitrogens with one attached hydrogen (secondary N) is 5. The van der Waals surface area contributed by atoms with Crippen LogP contribution in [0.2, 0.25) is 0 Å². The average molecular weight is 951 g/mol. The third kappa shape index (κ3) is 19.6. The molecule has 0 aromatic heterocycles. The van der Waals surface area contributed by atoms with Crippen molar-refractivity contribution in [3.8, 4) is 0 Å². The molecule has 0 spiro atoms. The summed E-state index contributed by atoms with van der Waals surface area (Å²) < 4.78 is 0. The van der Waals surface area contributed by atoms with Gasteiger partial charge in [0, 0.05) is 19.6 Å². The summed E-state index contributed by atoms with van der Waals surface area (Å²) in [5.74, 6) is -6.04. The summed E-state index contributed by atoms with van der Waals surface area (Å²) in [6, 6.07) is -8.51. The van der Waals surface area contributed by atoms with E-state index in [9.17, 15) is 43.5 Å². The normalized spacial score (nSPS) is 18.6. The molecule has 0 aliphatic carbocycles. The van der Waals surface area contributed by atoms with Crippen LogP contribution in [0.25, 0.3) is 0 Å². The van der Waals surface area contributed by atoms with Gasteiger partial charge in [0.25, 0.3) is 0 Å². The molecule has 7 amide bonds. The molecule has 0 aromatic carbocycles. The van der Waals surface area contributed by atoms with Gasteiger partial charge in [-0.2, -0.15) is 0 Å². The van der Waals surface area contributed by atoms with Crippen molar-refractivity contribution in [2.75, 3.05) is 39.3 Å². The van der Waals surface area contributed by atoms with E-state index < -0.39 is 95.7 Å². The van der Waals surface area contributed by atoms with Crippen molar-refractivity contribution in [3.63, 3.8) is 0 Å². The molecule has 2 rings (SSSR count). The molecule has 0 bridgehead atoms. The van der Waals surface area contributed by atoms with Crippen molar-refractivity contribution < 1.29 is 43.5 Å². The third-order valence-electron chi connectivity index (χ3n) is 12.0. The highest BCUT2D eigenvalue weighted by Crippen LogP contribution is 2.22. The maximum Gasteiger partial charge on any atom is 0.326 e. The molecular weight excluding hydrogens is 869 g/mol. The van der Waals surface area contributed by atoms with Gasteiger partial charge in [-0.1, -0.05) is 27.7 Å². The quantitative estimate of drug-likeness (QED) is 0.0195. The second kappa shape index (κ2) is 30.3. The third-order valence-corrected chi connectivity index (χ3v) is 12.0. The topological polar surface area (TPSA) is 392 Å². The van der Waals surface area contributed by atoms with Crippen LogP contribution in [0.4, 0.5) is 0 Å². The van der Waals surface area contributed by atoms with E-state index in [0.717, 1.165) is 0 Å². The second-order valence-electron chi connectivity index (χ2n) is 18.4. The molecule has 23 heteroatoms. The Hall–Kier alpha value is -5.13. The highest BCUT2D eigenvalue weighted by molar-refractivity contribution is 5.97. The van der Waals surface area contributed by atoms with E-state index in [1.54, 1.807) is 13.8 Å². The molecule has 0 radical (unpaired) electrons. The number of hydrogen-bond donors (Lipinski definition) is 12. The SMILES string of the molecule is CC(C)C[C@H](NC(=O)[C@H](CCCCN)NC(=O)[C@H](CCCN=C(N)N)NC(=O)[C@H](CCCCN)NC(=O)[C@H]1CCCN1C(=O)[C@@H](N)CCCN)C(=O)N[C@H](C(=O)N1CCC[C@H]1C(=O)O)C(C)C. The molecule has 8 atom stereocenters. The molecule has 2 aliphatic rings. The van der Waals surface area contributed by atoms with Gasteiger partial charge in [0.2, 0.25) is 41.4 Å². The Labute approximate surface area is 395 Å². The Bertz CT molecular complexity index is 1660. The number of nitrogens with two attached hydrogens (primary N) is 6. The van der Waals surface area contributed by atoms with Gasteiger partial charge in [0.05, 0.1) is 6.04 Å². The Morgan fingerprint density at radius 3 is 1.54 bits per heavy atom. The Kier molecular flexibility index (Phi) is 26.2. The summed E-state index contributed by atoms with van der Waals surface area (Å²) in [6.45, 7) is 8.82. The predicted octanol–water partition coefficient (Wildman–Crippen LogP) is -2.44. The zero-order chi connectivity index (χ0) is 50.2. The number of aliphatic imine (C=N–C) groups is 1. The van der Waals surface area contributed by atoms with Gasteiger partial charge < -0.3 is 75.9 Å². The van der Waals surface area contributed by atoms with Crippen molar-refractivity contribution >= 4 is 53.3 Å². The number of carboxylic acids is 1. The number of likely N-dealkylation sites (tertiary alicyclic amines) is 2. The minimum absolute atomic E-state index is 0.0172. The van der Waals surface area contributed by atoms with Crippen molar-refractivity contribution in [3.05, 3.63) is 0 Å². The Morgan fingerprint density at radius 2 is 1.06 bits per heavy atom. The number of aliphatic carboxylic acids is 1. The molecule has 382 valence electrons. The molecule has 23 nitrogen and oxygen atoms in total. The molecule has 2 saturated heterocycles. The smallest absolute Gasteiger partial charge is 0.326 e. The van der Waals surface area contributed by atoms with Gasteiger partial charge in [-0.15, -0.1) is 0 Å². The van der Waals surface area contributed by atoms with Gasteiger partial charge >= 0.3 is 5.97 Å². The molecular formula is C44H82N14O9. The molecule has 0 unspecified atom stereocenters. The van der Waals surface area contributed by atoms with E-state index in [1.807, 2.05) is 13.8 Å². The number of amides is 7. The summed E-state index contributed by atoms with van der Waals surface area (Å²) in [7, 11) is 0. The number of carboxylic acid groups (broad SMARTS) is 1. The van der Waals surface area contributed by atoms with E-state index in [-0.39, 0.29) is 63.0 Å². The van der Waals surface area contributed by atoms with Gasteiger partial charge in [0.15, 0.2) is 5.96 Å². The maximum absolute atomic E-state index is 14.3. The van der Waals surface area contributed by atoms with Crippen molar-refractivity contribution in [1.29, 1.82) is 0 Å². The molecule has 18 N–H and O–H groups in total. The maximum atomic E-state index is 14.3. The number of rotatable bonds is 31. The average Bonchev–Trinajstić information content (AvgIpc) is 3.98. The highest BCUT2D eigenvalue weighted by Gasteiger charge is 2.41. The second-order valence-corrected chi connectivity index (χ2v) is 18.4. The molecule has 0 aromatic rings. The fourth-order valence-electron chi connectivity index (χ4n) is 8.29. The lowest BCUT2D eigenvalue weighted by Crippen LogP contribution is -2.60. The summed E-state index contributed by atoms with van der Waals surface area (Å²) in [5.41, 5.74) is 34.3. The van der Waals surface area contributed by atoms with Crippen LogP contribution in [0.5, 0.6) is 0 Å². The van der Waals surface area contributed by atoms with Crippen LogP contribution >= 0.6 is 0 Å². The number of unbranched alkanes of at least 4 members (excludes halogenated alkanes) is 2. The van der Waals surface area contributed by atoms with E-state index in [4.69, 9.17) is 34.4 Å². The summed E-state index contributed by atoms with van der Waals surface area (Å²) in [4.78, 5) is 116. The Balaban J connectivity index is 2.39. The first-order valence-electron chi connectivity index (χ1n) is 24.0. The fraction of sp³-hybridized carbons (Fsp3) is 0.795. The zero-order valence-corrected chi connectivity index (χ0v) is 40.1. The molecule has 0 saturated carbocycles. The van der Waals surface area contributed by atoms with E-state index in [2.05, 4.69) is 31.6 Å². The van der Waals surface area contributed by atoms with Crippen LogP contribution in [0.1, 0.15) is 124 Å². The zero-order valence-electron chi connectivity index (χ0n) is 40.1. The van der Waals surface area contributed by atoms with Crippen LogP contribution in [0, 0.1) is 11.8 Å². The van der Waals surface area contributed by atoms with Crippen LogP contribution < -0.4 is 61.0 Å². The van der Waals surface area contributed by atoms with Gasteiger partial charge in [0.1, 0.15) is 42.3 Å². The van der Waals surface area contributed by atoms with Crippen LogP contribution in [0.3, 0.4) is 0 Å². The lowest BCUT2D eigenvalue weighted by molar-refractivity contribution is -0.150. The fourth-order valence-corrected chi connectivity index (χ4v) is 8.29. The van der Waals surface area contributed by atoms with Crippen molar-refractivity contribution in [1.82, 2.24) is 36.4 Å². The minimum Gasteiger partial charge on any atom is -0.480 e. The first-order valence-corrected chi connectivity index (χ1v) is 24.0. The predicted molar refractivity (Wildman–Crippen MR) is 253 cm³/mol. The summed E-state index contributed by atoms with van der Waals surface area (Å²) in [5, 5.41) is 23.6. The monoisotopic (exact) mass is 951 g/mol. The number of nitrogens with zero attached hydrogens (tertiary/aromatic N) is 3. The van der Waals surface area contributed by atoms with Crippen LogP contribution in [0.15, 0.2) is 4.99 Å². The number of guanidine groups is 1. The number of carbonyl (C=O) groups is 8. The largest absolute Gasteiger partial charge is 0.480 e. The first kappa shape index (κ1) is 58.0. The van der Waals surface area contributed by atoms with E-state index in [1.165, 1.54) is 9.80 Å². The van der Waals surface area contributed by atoms with Gasteiger partial charge in [-0.25, -0.2) is 4.79 Å². The lowest BCUT2D eigenvalue weighted by atomic mass is 9.98. The summed E-state index contributed by atoms with van der Waals surface area (Å²) in [6.07, 6.45) is 5.23. The standard InChI is InChI=1S/C44H82N14O9/c1-26(2)25-32(39(62)56-35(27(3)4)42(65)58-24-12-18-34(58)43(66)67)55-38(61)29(14-5-7-19-45)52-37(60)31(16-10-22-51-44(49)50)53-36(59)30(15-6-8-20-46)54-40(63)33-17-11-23-57(33)41(64)28(48)13-9-21-47/h26-35H,5-25,45-48H2,1-4H3,(H,52,60)(H,53,59)(H,54,63)(H,55,61)(H,56,62)(H,66,67)(H4,49,50,51)/t28-,29-,30-,31-,32-,33+,34-,35-/m0/s1.